The van der Waals surface area contributed by atoms with E-state index in [-0.39, 0.29) is 25.0 Å². The van der Waals surface area contributed by atoms with E-state index in [1.807, 2.05) is 23.6 Å². The van der Waals surface area contributed by atoms with Crippen LogP contribution in [0.25, 0.3) is 0 Å². The number of hydrogen-bond donors (Lipinski definition) is 2. The van der Waals surface area contributed by atoms with Crippen LogP contribution < -0.4 is 0 Å². The Bertz CT molecular complexity index is 974. The molecule has 0 bridgehead atoms. The van der Waals surface area contributed by atoms with Gasteiger partial charge < -0.3 is 29.5 Å². The van der Waals surface area contributed by atoms with Crippen molar-refractivity contribution in [3.8, 4) is 12.1 Å². The zero-order valence-electron chi connectivity index (χ0n) is 25.7. The van der Waals surface area contributed by atoms with Crippen LogP contribution in [0.4, 0.5) is 0 Å². The van der Waals surface area contributed by atoms with E-state index in [4.69, 9.17) is 9.47 Å². The van der Waals surface area contributed by atoms with E-state index in [0.717, 1.165) is 51.4 Å². The minimum Gasteiger partial charge on any atom is -0.506 e. The van der Waals surface area contributed by atoms with E-state index in [1.54, 1.807) is 24.5 Å². The van der Waals surface area contributed by atoms with Crippen molar-refractivity contribution in [1.29, 1.82) is 10.5 Å². The SMILES string of the molecule is CCCCC(CC)COC(=O)/C(C#N)=C(O)/C=C/N1CCN(/C=C/C(O)=C(/C#N)C(=O)OCC(CC)CCCC)CC1. The van der Waals surface area contributed by atoms with Crippen molar-refractivity contribution >= 4 is 11.9 Å². The molecule has 10 heteroatoms. The molecule has 0 amide bonds. The lowest BCUT2D eigenvalue weighted by molar-refractivity contribution is -0.141. The number of carbonyl (C=O) groups is 2. The highest BCUT2D eigenvalue weighted by molar-refractivity contribution is 5.94. The molecule has 1 aliphatic heterocycles. The molecular formula is C32H48N4O6. The van der Waals surface area contributed by atoms with E-state index >= 15 is 0 Å². The van der Waals surface area contributed by atoms with Gasteiger partial charge in [-0.1, -0.05) is 66.2 Å². The topological polar surface area (TPSA) is 147 Å². The second-order valence-corrected chi connectivity index (χ2v) is 10.5. The molecular weight excluding hydrogens is 536 g/mol. The number of rotatable bonds is 18. The number of aliphatic hydroxyl groups is 2. The van der Waals surface area contributed by atoms with Crippen molar-refractivity contribution in [2.45, 2.75) is 79.1 Å². The number of unbranched alkanes of at least 4 members (excludes halogenated alkanes) is 2. The van der Waals surface area contributed by atoms with E-state index < -0.39 is 34.6 Å². The number of nitrogens with zero attached hydrogens (tertiary/aromatic N) is 4. The maximum absolute atomic E-state index is 12.4. The molecule has 0 saturated carbocycles. The van der Waals surface area contributed by atoms with Crippen LogP contribution in [0.1, 0.15) is 79.1 Å². The van der Waals surface area contributed by atoms with Crippen LogP contribution in [0.3, 0.4) is 0 Å². The molecule has 2 N–H and O–H groups in total. The van der Waals surface area contributed by atoms with E-state index in [9.17, 15) is 30.3 Å². The molecule has 0 radical (unpaired) electrons. The second-order valence-electron chi connectivity index (χ2n) is 10.5. The molecule has 1 fully saturated rings. The Morgan fingerprint density at radius 2 is 1.10 bits per heavy atom. The molecule has 0 aromatic heterocycles. The lowest BCUT2D eigenvalue weighted by atomic mass is 10.0. The zero-order chi connectivity index (χ0) is 31.3. The molecule has 0 aliphatic carbocycles. The molecule has 232 valence electrons. The first-order chi connectivity index (χ1) is 20.2. The summed E-state index contributed by atoms with van der Waals surface area (Å²) >= 11 is 0. The molecule has 0 aromatic carbocycles. The first-order valence-corrected chi connectivity index (χ1v) is 15.1. The van der Waals surface area contributed by atoms with Crippen LogP contribution in [0, 0.1) is 34.5 Å². The molecule has 1 saturated heterocycles. The van der Waals surface area contributed by atoms with Crippen LogP contribution in [-0.2, 0) is 19.1 Å². The van der Waals surface area contributed by atoms with Crippen LogP contribution in [-0.4, -0.2) is 71.3 Å². The Balaban J connectivity index is 2.67. The van der Waals surface area contributed by atoms with Crippen LogP contribution in [0.15, 0.2) is 47.2 Å². The third kappa shape index (κ3) is 13.2. The minimum absolute atomic E-state index is 0.215. The third-order valence-corrected chi connectivity index (χ3v) is 7.37. The fourth-order valence-corrected chi connectivity index (χ4v) is 4.30. The second kappa shape index (κ2) is 20.9. The normalized spacial score (nSPS) is 16.3. The van der Waals surface area contributed by atoms with Crippen molar-refractivity contribution in [3.05, 3.63) is 47.2 Å². The lowest BCUT2D eigenvalue weighted by Gasteiger charge is -2.33. The van der Waals surface area contributed by atoms with Crippen LogP contribution in [0.5, 0.6) is 0 Å². The predicted octanol–water partition coefficient (Wildman–Crippen LogP) is 5.82. The van der Waals surface area contributed by atoms with Gasteiger partial charge in [0, 0.05) is 38.6 Å². The number of esters is 2. The Morgan fingerprint density at radius 3 is 1.38 bits per heavy atom. The highest BCUT2D eigenvalue weighted by Gasteiger charge is 2.20. The number of piperazine rings is 1. The molecule has 1 heterocycles. The fourth-order valence-electron chi connectivity index (χ4n) is 4.30. The molecule has 10 nitrogen and oxygen atoms in total. The summed E-state index contributed by atoms with van der Waals surface area (Å²) in [7, 11) is 0. The van der Waals surface area contributed by atoms with Crippen molar-refractivity contribution in [1.82, 2.24) is 9.80 Å². The van der Waals surface area contributed by atoms with Crippen LogP contribution in [0.2, 0.25) is 0 Å². The quantitative estimate of drug-likeness (QED) is 0.0664. The third-order valence-electron chi connectivity index (χ3n) is 7.37. The van der Waals surface area contributed by atoms with Gasteiger partial charge in [0.1, 0.15) is 23.7 Å². The molecule has 1 rings (SSSR count). The van der Waals surface area contributed by atoms with Crippen LogP contribution >= 0.6 is 0 Å². The van der Waals surface area contributed by atoms with Gasteiger partial charge in [0.2, 0.25) is 0 Å². The summed E-state index contributed by atoms with van der Waals surface area (Å²) in [6.07, 6.45) is 13.7. The average molecular weight is 585 g/mol. The number of hydrogen-bond acceptors (Lipinski definition) is 10. The lowest BCUT2D eigenvalue weighted by Crippen LogP contribution is -2.41. The first kappa shape index (κ1) is 36.1. The molecule has 2 unspecified atom stereocenters. The maximum Gasteiger partial charge on any atom is 0.352 e. The number of allylic oxidation sites excluding steroid dienone is 2. The fraction of sp³-hybridized carbons (Fsp3) is 0.625. The van der Waals surface area contributed by atoms with Gasteiger partial charge in [0.25, 0.3) is 0 Å². The van der Waals surface area contributed by atoms with Gasteiger partial charge in [0.15, 0.2) is 11.1 Å². The van der Waals surface area contributed by atoms with Gasteiger partial charge in [-0.05, 0) is 36.8 Å². The van der Waals surface area contributed by atoms with Crippen molar-refractivity contribution < 1.29 is 29.3 Å². The zero-order valence-corrected chi connectivity index (χ0v) is 25.7. The minimum atomic E-state index is -0.834. The van der Waals surface area contributed by atoms with Gasteiger partial charge in [-0.2, -0.15) is 10.5 Å². The number of ether oxygens (including phenoxy) is 2. The van der Waals surface area contributed by atoms with Gasteiger partial charge in [-0.3, -0.25) is 0 Å². The van der Waals surface area contributed by atoms with Gasteiger partial charge >= 0.3 is 11.9 Å². The number of carbonyl (C=O) groups excluding carboxylic acids is 2. The molecule has 42 heavy (non-hydrogen) atoms. The highest BCUT2D eigenvalue weighted by Crippen LogP contribution is 2.16. The van der Waals surface area contributed by atoms with Gasteiger partial charge in [0.05, 0.1) is 13.2 Å². The monoisotopic (exact) mass is 584 g/mol. The summed E-state index contributed by atoms with van der Waals surface area (Å²) in [6, 6.07) is 3.48. The Morgan fingerprint density at radius 1 is 0.738 bits per heavy atom. The predicted molar refractivity (Wildman–Crippen MR) is 160 cm³/mol. The molecule has 1 aliphatic rings. The Labute approximate surface area is 251 Å². The summed E-state index contributed by atoms with van der Waals surface area (Å²) in [6.45, 7) is 10.9. The smallest absolute Gasteiger partial charge is 0.352 e. The van der Waals surface area contributed by atoms with E-state index in [2.05, 4.69) is 13.8 Å². The first-order valence-electron chi connectivity index (χ1n) is 15.1. The molecule has 2 atom stereocenters. The number of aliphatic hydroxyl groups excluding tert-OH is 2. The van der Waals surface area contributed by atoms with Crippen molar-refractivity contribution in [3.63, 3.8) is 0 Å². The number of nitriles is 2. The average Bonchev–Trinajstić information content (AvgIpc) is 3.00. The van der Waals surface area contributed by atoms with E-state index in [1.165, 1.54) is 12.2 Å². The van der Waals surface area contributed by atoms with Gasteiger partial charge in [-0.15, -0.1) is 0 Å². The van der Waals surface area contributed by atoms with Gasteiger partial charge in [-0.25, -0.2) is 9.59 Å². The maximum atomic E-state index is 12.4. The highest BCUT2D eigenvalue weighted by atomic mass is 16.5. The molecule has 0 aromatic rings. The largest absolute Gasteiger partial charge is 0.506 e. The summed E-state index contributed by atoms with van der Waals surface area (Å²) < 4.78 is 10.6. The summed E-state index contributed by atoms with van der Waals surface area (Å²) in [4.78, 5) is 28.6. The van der Waals surface area contributed by atoms with Crippen molar-refractivity contribution in [2.75, 3.05) is 39.4 Å². The summed E-state index contributed by atoms with van der Waals surface area (Å²) in [5, 5.41) is 39.5. The van der Waals surface area contributed by atoms with E-state index in [0.29, 0.717) is 26.2 Å². The summed E-state index contributed by atoms with van der Waals surface area (Å²) in [5.74, 6) is -2.12. The molecule has 0 spiro atoms. The van der Waals surface area contributed by atoms with Crippen molar-refractivity contribution in [2.24, 2.45) is 11.8 Å². The Kier molecular flexibility index (Phi) is 18.0. The standard InChI is InChI=1S/C32H48N4O6/c1-5-9-11-25(7-3)23-41-31(39)27(21-33)29(37)13-15-35-17-19-36(20-18-35)16-14-30(38)28(22-34)32(40)42-24-26(8-4)12-10-6-2/h13-16,25-26,37-38H,5-12,17-20,23-24H2,1-4H3/b15-13+,16-14+,29-27-,30-28+. The Hall–Kier alpha value is -3.92. The summed E-state index contributed by atoms with van der Waals surface area (Å²) in [5.41, 5.74) is -0.864.